The highest BCUT2D eigenvalue weighted by Crippen LogP contribution is 2.00. The fraction of sp³-hybridized carbons (Fsp3) is 0.636. The molecule has 0 aromatic rings. The van der Waals surface area contributed by atoms with E-state index in [2.05, 4.69) is 11.7 Å². The molecule has 0 rings (SSSR count). The first kappa shape index (κ1) is 12.9. The third-order valence-corrected chi connectivity index (χ3v) is 1.72. The van der Waals surface area contributed by atoms with Crippen molar-refractivity contribution in [3.8, 4) is 0 Å². The number of esters is 1. The van der Waals surface area contributed by atoms with Crippen LogP contribution in [-0.4, -0.2) is 18.4 Å². The van der Waals surface area contributed by atoms with Crippen molar-refractivity contribution in [2.75, 3.05) is 6.61 Å². The van der Waals surface area contributed by atoms with E-state index in [9.17, 15) is 9.59 Å². The molecular weight excluding hydrogens is 180 g/mol. The summed E-state index contributed by atoms with van der Waals surface area (Å²) in [6.07, 6.45) is 6.05. The van der Waals surface area contributed by atoms with Crippen LogP contribution in [0, 0.1) is 0 Å². The van der Waals surface area contributed by atoms with Gasteiger partial charge in [-0.3, -0.25) is 4.79 Å². The maximum atomic E-state index is 11.1. The molecule has 0 heterocycles. The summed E-state index contributed by atoms with van der Waals surface area (Å²) in [5.74, 6) is -0.456. The molecule has 0 N–H and O–H groups in total. The number of ether oxygens (including phenoxy) is 1. The van der Waals surface area contributed by atoms with Gasteiger partial charge in [-0.05, 0) is 19.4 Å². The Hall–Kier alpha value is -1.12. The molecule has 0 fully saturated rings. The monoisotopic (exact) mass is 198 g/mol. The summed E-state index contributed by atoms with van der Waals surface area (Å²) >= 11 is 0. The molecule has 0 aliphatic rings. The minimum atomic E-state index is -0.448. The predicted molar refractivity (Wildman–Crippen MR) is 54.9 cm³/mol. The van der Waals surface area contributed by atoms with Gasteiger partial charge in [-0.2, -0.15) is 0 Å². The van der Waals surface area contributed by atoms with Gasteiger partial charge in [-0.1, -0.05) is 19.8 Å². The normalized spacial score (nSPS) is 10.4. The topological polar surface area (TPSA) is 43.4 Å². The number of carbonyl (C=O) groups excluding carboxylic acids is 2. The summed E-state index contributed by atoms with van der Waals surface area (Å²) in [7, 11) is 0. The summed E-state index contributed by atoms with van der Waals surface area (Å²) in [6.45, 7) is 4.15. The summed E-state index contributed by atoms with van der Waals surface area (Å²) in [4.78, 5) is 21.9. The zero-order valence-corrected chi connectivity index (χ0v) is 8.91. The number of allylic oxidation sites excluding steroid dienone is 1. The number of hydrogen-bond acceptors (Lipinski definition) is 3. The first-order valence-corrected chi connectivity index (χ1v) is 5.08. The van der Waals surface area contributed by atoms with Crippen LogP contribution >= 0.6 is 0 Å². The Labute approximate surface area is 85.1 Å². The van der Waals surface area contributed by atoms with Crippen LogP contribution in [0.5, 0.6) is 0 Å². The fourth-order valence-electron chi connectivity index (χ4n) is 0.984. The van der Waals surface area contributed by atoms with Crippen molar-refractivity contribution in [3.05, 3.63) is 12.2 Å². The Bertz CT molecular complexity index is 207. The number of unbranched alkanes of at least 4 members (excludes halogenated alkanes) is 2. The average molecular weight is 198 g/mol. The molecule has 0 spiro atoms. The second kappa shape index (κ2) is 8.48. The van der Waals surface area contributed by atoms with Crippen LogP contribution in [0.15, 0.2) is 12.2 Å². The van der Waals surface area contributed by atoms with Crippen LogP contribution in [0.25, 0.3) is 0 Å². The van der Waals surface area contributed by atoms with E-state index in [1.807, 2.05) is 0 Å². The molecule has 80 valence electrons. The molecule has 0 saturated heterocycles. The van der Waals surface area contributed by atoms with E-state index < -0.39 is 5.97 Å². The summed E-state index contributed by atoms with van der Waals surface area (Å²) in [6, 6.07) is 0. The second-order valence-electron chi connectivity index (χ2n) is 3.01. The molecule has 0 aliphatic carbocycles. The Kier molecular flexibility index (Phi) is 7.80. The van der Waals surface area contributed by atoms with Crippen molar-refractivity contribution in [1.82, 2.24) is 0 Å². The number of ketones is 1. The average Bonchev–Trinajstić information content (AvgIpc) is 2.16. The Morgan fingerprint density at radius 2 is 1.86 bits per heavy atom. The first-order valence-electron chi connectivity index (χ1n) is 5.08. The minimum absolute atomic E-state index is 0.00787. The van der Waals surface area contributed by atoms with Gasteiger partial charge in [0.15, 0.2) is 5.78 Å². The predicted octanol–water partition coefficient (Wildman–Crippen LogP) is 2.26. The van der Waals surface area contributed by atoms with Crippen molar-refractivity contribution in [1.29, 1.82) is 0 Å². The molecular formula is C11H18O3. The van der Waals surface area contributed by atoms with Crippen molar-refractivity contribution in [2.45, 2.75) is 39.5 Å². The van der Waals surface area contributed by atoms with Crippen LogP contribution in [0.2, 0.25) is 0 Å². The van der Waals surface area contributed by atoms with E-state index in [4.69, 9.17) is 0 Å². The van der Waals surface area contributed by atoms with Crippen LogP contribution in [0.4, 0.5) is 0 Å². The quantitative estimate of drug-likeness (QED) is 0.358. The molecule has 0 atom stereocenters. The number of hydrogen-bond donors (Lipinski definition) is 0. The Balaban J connectivity index is 3.64. The van der Waals surface area contributed by atoms with E-state index in [-0.39, 0.29) is 5.78 Å². The first-order chi connectivity index (χ1) is 6.70. The van der Waals surface area contributed by atoms with Gasteiger partial charge in [0.05, 0.1) is 6.61 Å². The van der Waals surface area contributed by atoms with Gasteiger partial charge >= 0.3 is 5.97 Å². The van der Waals surface area contributed by atoms with Gasteiger partial charge in [0, 0.05) is 12.5 Å². The molecule has 0 bridgehead atoms. The fourth-order valence-corrected chi connectivity index (χ4v) is 0.984. The minimum Gasteiger partial charge on any atom is -0.463 e. The van der Waals surface area contributed by atoms with Crippen LogP contribution < -0.4 is 0 Å². The smallest absolute Gasteiger partial charge is 0.330 e. The maximum Gasteiger partial charge on any atom is 0.330 e. The number of rotatable bonds is 7. The lowest BCUT2D eigenvalue weighted by atomic mass is 10.1. The van der Waals surface area contributed by atoms with Gasteiger partial charge in [0.1, 0.15) is 0 Å². The van der Waals surface area contributed by atoms with Crippen molar-refractivity contribution < 1.29 is 14.3 Å². The molecule has 14 heavy (non-hydrogen) atoms. The highest BCUT2D eigenvalue weighted by Gasteiger charge is 1.98. The Morgan fingerprint density at radius 3 is 2.43 bits per heavy atom. The molecule has 3 nitrogen and oxygen atoms in total. The van der Waals surface area contributed by atoms with Gasteiger partial charge in [-0.15, -0.1) is 0 Å². The SMILES string of the molecule is CCCCCC(=O)C=CC(=O)OCC. The lowest BCUT2D eigenvalue weighted by Crippen LogP contribution is -2.01. The van der Waals surface area contributed by atoms with E-state index in [0.717, 1.165) is 19.3 Å². The van der Waals surface area contributed by atoms with Crippen LogP contribution in [0.3, 0.4) is 0 Å². The number of carbonyl (C=O) groups is 2. The highest BCUT2D eigenvalue weighted by molar-refractivity contribution is 5.95. The molecule has 0 aromatic heterocycles. The van der Waals surface area contributed by atoms with Crippen molar-refractivity contribution in [2.24, 2.45) is 0 Å². The van der Waals surface area contributed by atoms with Gasteiger partial charge in [-0.25, -0.2) is 4.79 Å². The van der Waals surface area contributed by atoms with E-state index in [1.165, 1.54) is 12.2 Å². The zero-order chi connectivity index (χ0) is 10.8. The molecule has 0 aromatic carbocycles. The largest absolute Gasteiger partial charge is 0.463 e. The third kappa shape index (κ3) is 7.53. The van der Waals surface area contributed by atoms with E-state index >= 15 is 0 Å². The lowest BCUT2D eigenvalue weighted by molar-refractivity contribution is -0.137. The molecule has 0 radical (unpaired) electrons. The molecule has 0 saturated carbocycles. The standard InChI is InChI=1S/C11H18O3/c1-3-5-6-7-10(12)8-9-11(13)14-4-2/h8-9H,3-7H2,1-2H3. The molecule has 0 amide bonds. The van der Waals surface area contributed by atoms with Gasteiger partial charge < -0.3 is 4.74 Å². The highest BCUT2D eigenvalue weighted by atomic mass is 16.5. The zero-order valence-electron chi connectivity index (χ0n) is 8.91. The summed E-state index contributed by atoms with van der Waals surface area (Å²) in [5.41, 5.74) is 0. The Morgan fingerprint density at radius 1 is 1.14 bits per heavy atom. The van der Waals surface area contributed by atoms with Crippen LogP contribution in [-0.2, 0) is 14.3 Å². The third-order valence-electron chi connectivity index (χ3n) is 1.72. The van der Waals surface area contributed by atoms with E-state index in [0.29, 0.717) is 13.0 Å². The van der Waals surface area contributed by atoms with Gasteiger partial charge in [0.25, 0.3) is 0 Å². The van der Waals surface area contributed by atoms with Crippen molar-refractivity contribution in [3.63, 3.8) is 0 Å². The molecule has 0 aliphatic heterocycles. The second-order valence-corrected chi connectivity index (χ2v) is 3.01. The molecule has 3 heteroatoms. The summed E-state index contributed by atoms with van der Waals surface area (Å²) in [5, 5.41) is 0. The van der Waals surface area contributed by atoms with Crippen LogP contribution in [0.1, 0.15) is 39.5 Å². The molecule has 0 unspecified atom stereocenters. The lowest BCUT2D eigenvalue weighted by Gasteiger charge is -1.95. The maximum absolute atomic E-state index is 11.1. The van der Waals surface area contributed by atoms with Crippen molar-refractivity contribution >= 4 is 11.8 Å². The van der Waals surface area contributed by atoms with E-state index in [1.54, 1.807) is 6.92 Å². The summed E-state index contributed by atoms with van der Waals surface area (Å²) < 4.78 is 4.64. The van der Waals surface area contributed by atoms with Gasteiger partial charge in [0.2, 0.25) is 0 Å².